The van der Waals surface area contributed by atoms with E-state index in [0.717, 1.165) is 0 Å². The Labute approximate surface area is 155 Å². The first-order valence-electron chi connectivity index (χ1n) is 10.9. The first kappa shape index (κ1) is 23.8. The summed E-state index contributed by atoms with van der Waals surface area (Å²) in [7, 11) is 7.27. The van der Waals surface area contributed by atoms with Gasteiger partial charge < -0.3 is 0 Å². The van der Waals surface area contributed by atoms with Gasteiger partial charge in [0.05, 0.1) is 0 Å². The molecule has 23 heavy (non-hydrogen) atoms. The zero-order chi connectivity index (χ0) is 17.2. The molecule has 0 aliphatic heterocycles. The summed E-state index contributed by atoms with van der Waals surface area (Å²) in [5.41, 5.74) is 0. The van der Waals surface area contributed by atoms with Crippen molar-refractivity contribution in [1.82, 2.24) is 0 Å². The molecule has 0 saturated heterocycles. The fourth-order valence-corrected chi connectivity index (χ4v) is 12.7. The summed E-state index contributed by atoms with van der Waals surface area (Å²) in [6, 6.07) is 0. The molecule has 0 radical (unpaired) electrons. The minimum atomic E-state index is -2.01. The van der Waals surface area contributed by atoms with Crippen molar-refractivity contribution in [3.63, 3.8) is 0 Å². The molecule has 0 bridgehead atoms. The summed E-state index contributed by atoms with van der Waals surface area (Å²) < 4.78 is 0. The van der Waals surface area contributed by atoms with E-state index >= 15 is 0 Å². The van der Waals surface area contributed by atoms with Gasteiger partial charge in [-0.3, -0.25) is 0 Å². The minimum absolute atomic E-state index is 1.35. The van der Waals surface area contributed by atoms with Crippen molar-refractivity contribution < 1.29 is 0 Å². The molecule has 2 heteroatoms. The van der Waals surface area contributed by atoms with Crippen LogP contribution in [0.3, 0.4) is 0 Å². The fraction of sp³-hybridized carbons (Fsp3) is 1.00. The third-order valence-corrected chi connectivity index (χ3v) is 16.0. The summed E-state index contributed by atoms with van der Waals surface area (Å²) in [5, 5.41) is 4.31. The van der Waals surface area contributed by atoms with Crippen molar-refractivity contribution in [3.8, 4) is 0 Å². The van der Waals surface area contributed by atoms with Crippen molar-refractivity contribution >= 4 is 22.3 Å². The second-order valence-corrected chi connectivity index (χ2v) is 19.8. The second kappa shape index (κ2) is 17.6. The molecule has 0 saturated carbocycles. The van der Waals surface area contributed by atoms with Crippen LogP contribution in [0.2, 0.25) is 15.8 Å². The van der Waals surface area contributed by atoms with Gasteiger partial charge in [-0.2, -0.15) is 0 Å². The second-order valence-electron chi connectivity index (χ2n) is 7.64. The zero-order valence-electron chi connectivity index (χ0n) is 16.6. The van der Waals surface area contributed by atoms with Gasteiger partial charge in [0, 0.05) is 0 Å². The predicted molar refractivity (Wildman–Crippen MR) is 112 cm³/mol. The van der Waals surface area contributed by atoms with Crippen LogP contribution in [0.1, 0.15) is 117 Å². The van der Waals surface area contributed by atoms with Crippen LogP contribution < -0.4 is 0 Å². The number of rotatable bonds is 18. The normalized spacial score (nSPS) is 12.0. The van der Waals surface area contributed by atoms with E-state index in [-0.39, 0.29) is 0 Å². The number of unbranched alkanes of at least 4 members (excludes halogenated alkanes) is 12. The van der Waals surface area contributed by atoms with Gasteiger partial charge in [-0.05, 0) is 0 Å². The van der Waals surface area contributed by atoms with E-state index in [0.29, 0.717) is 0 Å². The molecule has 0 aromatic carbocycles. The van der Waals surface area contributed by atoms with Gasteiger partial charge in [-0.25, -0.2) is 0 Å². The standard InChI is InChI=1S/C21H45ClGe/c1-4-7-10-13-16-19-23(22,20-17-14-11-8-5-2)21-18-15-12-9-6-3/h4-21H2,1-3H3. The Morgan fingerprint density at radius 1 is 0.435 bits per heavy atom. The first-order valence-corrected chi connectivity index (χ1v) is 18.1. The van der Waals surface area contributed by atoms with Crippen LogP contribution in [0.25, 0.3) is 0 Å². The predicted octanol–water partition coefficient (Wildman–Crippen LogP) is 9.08. The van der Waals surface area contributed by atoms with E-state index in [1.165, 1.54) is 112 Å². The molecule has 0 unspecified atom stereocenters. The van der Waals surface area contributed by atoms with Crippen LogP contribution in [0, 0.1) is 0 Å². The topological polar surface area (TPSA) is 0 Å². The van der Waals surface area contributed by atoms with E-state index in [4.69, 9.17) is 10.0 Å². The van der Waals surface area contributed by atoms with Crippen molar-refractivity contribution in [2.75, 3.05) is 0 Å². The van der Waals surface area contributed by atoms with Crippen molar-refractivity contribution in [2.45, 2.75) is 133 Å². The van der Waals surface area contributed by atoms with E-state index in [2.05, 4.69) is 20.8 Å². The Bertz CT molecular complexity index is 194. The molecule has 0 aliphatic carbocycles. The quantitative estimate of drug-likeness (QED) is 0.157. The van der Waals surface area contributed by atoms with E-state index in [9.17, 15) is 0 Å². The van der Waals surface area contributed by atoms with Gasteiger partial charge >= 0.3 is 155 Å². The van der Waals surface area contributed by atoms with Crippen LogP contribution in [0.5, 0.6) is 0 Å². The Hall–Kier alpha value is 0.833. The number of hydrogen-bond donors (Lipinski definition) is 0. The molecule has 0 nitrogen and oxygen atoms in total. The molecule has 0 spiro atoms. The van der Waals surface area contributed by atoms with Crippen molar-refractivity contribution in [1.29, 1.82) is 0 Å². The Morgan fingerprint density at radius 2 is 0.696 bits per heavy atom. The van der Waals surface area contributed by atoms with Crippen molar-refractivity contribution in [3.05, 3.63) is 0 Å². The maximum atomic E-state index is 7.27. The Morgan fingerprint density at radius 3 is 0.957 bits per heavy atom. The summed E-state index contributed by atoms with van der Waals surface area (Å²) in [4.78, 5) is 0. The van der Waals surface area contributed by atoms with Crippen LogP contribution in [0.4, 0.5) is 0 Å². The molecule has 0 heterocycles. The molecule has 0 aromatic heterocycles. The molecular weight excluding hydrogens is 360 g/mol. The monoisotopic (exact) mass is 406 g/mol. The van der Waals surface area contributed by atoms with E-state index in [1.54, 1.807) is 0 Å². The van der Waals surface area contributed by atoms with Crippen LogP contribution in [-0.4, -0.2) is 12.3 Å². The summed E-state index contributed by atoms with van der Waals surface area (Å²) in [6.45, 7) is 6.91. The third kappa shape index (κ3) is 16.1. The number of halogens is 1. The average Bonchev–Trinajstić information content (AvgIpc) is 2.54. The molecule has 0 aromatic rings. The molecule has 140 valence electrons. The van der Waals surface area contributed by atoms with E-state index < -0.39 is 12.3 Å². The van der Waals surface area contributed by atoms with Gasteiger partial charge in [-0.1, -0.05) is 0 Å². The molecule has 0 N–H and O–H groups in total. The first-order chi connectivity index (χ1) is 11.2. The average molecular weight is 406 g/mol. The molecule has 0 rings (SSSR count). The van der Waals surface area contributed by atoms with Gasteiger partial charge in [0.1, 0.15) is 0 Å². The summed E-state index contributed by atoms with van der Waals surface area (Å²) >= 11 is -2.01. The Balaban J connectivity index is 4.00. The van der Waals surface area contributed by atoms with Crippen LogP contribution in [0.15, 0.2) is 0 Å². The van der Waals surface area contributed by atoms with E-state index in [1.807, 2.05) is 0 Å². The third-order valence-electron chi connectivity index (χ3n) is 5.19. The van der Waals surface area contributed by atoms with Gasteiger partial charge in [0.15, 0.2) is 0 Å². The molecule has 0 atom stereocenters. The summed E-state index contributed by atoms with van der Waals surface area (Å²) in [5.74, 6) is 0. The van der Waals surface area contributed by atoms with Gasteiger partial charge in [-0.15, -0.1) is 0 Å². The molecule has 0 amide bonds. The zero-order valence-corrected chi connectivity index (χ0v) is 19.5. The van der Waals surface area contributed by atoms with Crippen molar-refractivity contribution in [2.24, 2.45) is 0 Å². The summed E-state index contributed by atoms with van der Waals surface area (Å²) in [6.07, 6.45) is 21.1. The Kier molecular flexibility index (Phi) is 18.3. The maximum absolute atomic E-state index is 7.27. The van der Waals surface area contributed by atoms with Gasteiger partial charge in [0.2, 0.25) is 0 Å². The van der Waals surface area contributed by atoms with Crippen LogP contribution in [-0.2, 0) is 0 Å². The molecule has 0 fully saturated rings. The fourth-order valence-electron chi connectivity index (χ4n) is 3.51. The SMILES string of the molecule is CCCCCC[CH2][Ge]([Cl])([CH2]CCCCCC)[CH2]CCCCCC. The van der Waals surface area contributed by atoms with Gasteiger partial charge in [0.25, 0.3) is 0 Å². The molecular formula is C21H45ClGe. The van der Waals surface area contributed by atoms with Crippen LogP contribution >= 0.6 is 10.0 Å². The molecule has 0 aliphatic rings. The number of hydrogen-bond acceptors (Lipinski definition) is 0.